The van der Waals surface area contributed by atoms with Gasteiger partial charge >= 0.3 is 0 Å². The molecule has 0 spiro atoms. The second-order valence-electron chi connectivity index (χ2n) is 11.2. The molecule has 1 aliphatic rings. The average molecular weight is 575 g/mol. The van der Waals surface area contributed by atoms with Gasteiger partial charge in [0.25, 0.3) is 0 Å². The van der Waals surface area contributed by atoms with Gasteiger partial charge in [-0.25, -0.2) is 4.39 Å². The van der Waals surface area contributed by atoms with E-state index in [0.717, 1.165) is 19.3 Å². The second-order valence-corrected chi connectivity index (χ2v) is 11.2. The van der Waals surface area contributed by atoms with Gasteiger partial charge in [0, 0.05) is 36.7 Å². The molecule has 0 bridgehead atoms. The highest BCUT2D eigenvalue weighted by Gasteiger charge is 2.49. The van der Waals surface area contributed by atoms with Crippen molar-refractivity contribution in [3.63, 3.8) is 0 Å². The number of benzene rings is 1. The van der Waals surface area contributed by atoms with E-state index in [2.05, 4.69) is 19.2 Å². The molecule has 10 heteroatoms. The maximum absolute atomic E-state index is 14.7. The lowest BCUT2D eigenvalue weighted by atomic mass is 9.63. The molecular formula is C31H47FN4O5. The van der Waals surface area contributed by atoms with Gasteiger partial charge in [-0.15, -0.1) is 0 Å². The van der Waals surface area contributed by atoms with E-state index in [-0.39, 0.29) is 42.2 Å². The zero-order chi connectivity index (χ0) is 30.7. The Morgan fingerprint density at radius 3 is 2.34 bits per heavy atom. The van der Waals surface area contributed by atoms with Gasteiger partial charge in [-0.1, -0.05) is 39.8 Å². The molecule has 0 radical (unpaired) electrons. The maximum Gasteiger partial charge on any atom is 0.249 e. The van der Waals surface area contributed by atoms with Crippen molar-refractivity contribution in [2.45, 2.75) is 65.9 Å². The lowest BCUT2D eigenvalue weighted by Crippen LogP contribution is -2.52. The summed E-state index contributed by atoms with van der Waals surface area (Å²) in [5.74, 6) is -2.96. The lowest BCUT2D eigenvalue weighted by Gasteiger charge is -2.42. The summed E-state index contributed by atoms with van der Waals surface area (Å²) in [4.78, 5) is 41.3. The Bertz CT molecular complexity index is 1130. The van der Waals surface area contributed by atoms with E-state index in [1.54, 1.807) is 11.0 Å². The van der Waals surface area contributed by atoms with Gasteiger partial charge in [0.15, 0.2) is 11.6 Å². The van der Waals surface area contributed by atoms with Crippen molar-refractivity contribution < 1.29 is 28.6 Å². The summed E-state index contributed by atoms with van der Waals surface area (Å²) in [7, 11) is 1.36. The van der Waals surface area contributed by atoms with Crippen molar-refractivity contribution in [1.29, 1.82) is 0 Å². The molecule has 3 amide bonds. The predicted octanol–water partition coefficient (Wildman–Crippen LogP) is 2.85. The molecule has 3 atom stereocenters. The van der Waals surface area contributed by atoms with Gasteiger partial charge in [0.05, 0.1) is 18.6 Å². The average Bonchev–Trinajstić information content (AvgIpc) is 2.92. The number of amides is 3. The first-order valence-electron chi connectivity index (χ1n) is 14.4. The molecule has 1 unspecified atom stereocenters. The number of nitrogens with zero attached hydrogens (tertiary/aromatic N) is 1. The number of nitrogens with one attached hydrogen (secondary N) is 1. The number of carbonyl (C=O) groups is 3. The first-order chi connectivity index (χ1) is 19.4. The van der Waals surface area contributed by atoms with Crippen molar-refractivity contribution >= 4 is 17.7 Å². The number of aliphatic hydroxyl groups excluding tert-OH is 1. The summed E-state index contributed by atoms with van der Waals surface area (Å²) >= 11 is 0. The normalized spacial score (nSPS) is 18.3. The minimum absolute atomic E-state index is 0.0303. The number of halogens is 1. The summed E-state index contributed by atoms with van der Waals surface area (Å²) < 4.78 is 19.7. The predicted molar refractivity (Wildman–Crippen MR) is 157 cm³/mol. The highest BCUT2D eigenvalue weighted by atomic mass is 19.1. The molecule has 0 heterocycles. The fourth-order valence-corrected chi connectivity index (χ4v) is 5.38. The van der Waals surface area contributed by atoms with Crippen molar-refractivity contribution in [2.24, 2.45) is 28.7 Å². The molecule has 228 valence electrons. The van der Waals surface area contributed by atoms with E-state index in [4.69, 9.17) is 16.2 Å². The number of aliphatic hydroxyl groups is 1. The molecule has 9 nitrogen and oxygen atoms in total. The van der Waals surface area contributed by atoms with E-state index in [9.17, 15) is 23.9 Å². The molecule has 41 heavy (non-hydrogen) atoms. The summed E-state index contributed by atoms with van der Waals surface area (Å²) in [6.45, 7) is 9.85. The first kappa shape index (κ1) is 34.0. The SMILES string of the molecule is CCCN(CCC)C(=O)C1=CC(C(N)=O)=CC(C(N)=O)([C@H](Cc2ccc(OC)c(F)c2)[C@@H](O)CNCCC(C)C)C1. The monoisotopic (exact) mass is 574 g/mol. The first-order valence-corrected chi connectivity index (χ1v) is 14.4. The van der Waals surface area contributed by atoms with E-state index in [0.29, 0.717) is 31.1 Å². The Balaban J connectivity index is 2.62. The van der Waals surface area contributed by atoms with Crippen LogP contribution in [0.4, 0.5) is 4.39 Å². The Kier molecular flexibility index (Phi) is 13.0. The van der Waals surface area contributed by atoms with E-state index < -0.39 is 35.1 Å². The van der Waals surface area contributed by atoms with Crippen molar-refractivity contribution in [3.8, 4) is 5.75 Å². The van der Waals surface area contributed by atoms with Gasteiger partial charge < -0.3 is 31.5 Å². The molecule has 1 aromatic rings. The fourth-order valence-electron chi connectivity index (χ4n) is 5.38. The largest absolute Gasteiger partial charge is 0.494 e. The minimum Gasteiger partial charge on any atom is -0.494 e. The lowest BCUT2D eigenvalue weighted by molar-refractivity contribution is -0.132. The van der Waals surface area contributed by atoms with Crippen molar-refractivity contribution in [1.82, 2.24) is 10.2 Å². The molecule has 0 saturated heterocycles. The van der Waals surface area contributed by atoms with Gasteiger partial charge in [0.2, 0.25) is 17.7 Å². The zero-order valence-corrected chi connectivity index (χ0v) is 25.0. The number of carbonyl (C=O) groups excluding carboxylic acids is 3. The topological polar surface area (TPSA) is 148 Å². The van der Waals surface area contributed by atoms with Crippen molar-refractivity contribution in [2.75, 3.05) is 33.3 Å². The standard InChI is InChI=1S/C31H47FN4O5/c1-6-12-36(13-7-2)29(39)23-16-22(28(33)38)17-31(18-23,30(34)40)24(26(37)19-35-11-10-20(3)4)14-21-8-9-27(41-5)25(32)15-21/h8-9,15-17,20,24,26,35,37H,6-7,10-14,18-19H2,1-5H3,(H2,33,38)(H2,34,40)/t24-,26+,31?/m1/s1. The Labute approximate surface area is 243 Å². The van der Waals surface area contributed by atoms with E-state index >= 15 is 0 Å². The fraction of sp³-hybridized carbons (Fsp3) is 0.581. The quantitative estimate of drug-likeness (QED) is 0.210. The molecule has 6 N–H and O–H groups in total. The zero-order valence-electron chi connectivity index (χ0n) is 25.0. The third kappa shape index (κ3) is 8.87. The number of methoxy groups -OCH3 is 1. The van der Waals surface area contributed by atoms with Gasteiger partial charge in [-0.3, -0.25) is 14.4 Å². The molecule has 0 aliphatic heterocycles. The summed E-state index contributed by atoms with van der Waals surface area (Å²) in [6.07, 6.45) is 3.90. The highest BCUT2D eigenvalue weighted by molar-refractivity contribution is 6.03. The molecule has 0 aromatic heterocycles. The molecule has 1 aromatic carbocycles. The van der Waals surface area contributed by atoms with Gasteiger partial charge in [0.1, 0.15) is 0 Å². The van der Waals surface area contributed by atoms with E-state index in [1.807, 2.05) is 13.8 Å². The summed E-state index contributed by atoms with van der Waals surface area (Å²) in [5.41, 5.74) is 10.8. The number of rotatable bonds is 17. The van der Waals surface area contributed by atoms with Crippen LogP contribution in [0, 0.1) is 23.1 Å². The highest BCUT2D eigenvalue weighted by Crippen LogP contribution is 2.44. The Hall–Kier alpha value is -3.24. The van der Waals surface area contributed by atoms with Gasteiger partial charge in [-0.05, 0) is 68.3 Å². The van der Waals surface area contributed by atoms with Crippen LogP contribution in [0.15, 0.2) is 41.5 Å². The number of hydrogen-bond donors (Lipinski definition) is 4. The molecular weight excluding hydrogens is 527 g/mol. The molecule has 0 saturated carbocycles. The minimum atomic E-state index is -1.65. The number of nitrogens with two attached hydrogens (primary N) is 2. The number of primary amides is 2. The van der Waals surface area contributed by atoms with Crippen LogP contribution in [-0.2, 0) is 20.8 Å². The Morgan fingerprint density at radius 2 is 1.83 bits per heavy atom. The van der Waals surface area contributed by atoms with Crippen LogP contribution in [0.5, 0.6) is 5.75 Å². The second kappa shape index (κ2) is 15.7. The Morgan fingerprint density at radius 1 is 1.17 bits per heavy atom. The maximum atomic E-state index is 14.7. The number of hydrogen-bond acceptors (Lipinski definition) is 6. The molecule has 2 rings (SSSR count). The van der Waals surface area contributed by atoms with E-state index in [1.165, 1.54) is 31.4 Å². The van der Waals surface area contributed by atoms with Gasteiger partial charge in [-0.2, -0.15) is 0 Å². The molecule has 1 aliphatic carbocycles. The summed E-state index contributed by atoms with van der Waals surface area (Å²) in [6, 6.07) is 4.41. The van der Waals surface area contributed by atoms with Crippen LogP contribution < -0.4 is 21.5 Å². The number of ether oxygens (including phenoxy) is 1. The van der Waals surface area contributed by atoms with Crippen molar-refractivity contribution in [3.05, 3.63) is 52.9 Å². The third-order valence-corrected chi connectivity index (χ3v) is 7.57. The third-order valence-electron chi connectivity index (χ3n) is 7.57. The van der Waals surface area contributed by atoms with Crippen LogP contribution >= 0.6 is 0 Å². The van der Waals surface area contributed by atoms with Crippen LogP contribution in [0.2, 0.25) is 0 Å². The summed E-state index contributed by atoms with van der Waals surface area (Å²) in [5, 5.41) is 14.8. The van der Waals surface area contributed by atoms with Crippen LogP contribution in [0.25, 0.3) is 0 Å². The van der Waals surface area contributed by atoms with Crippen LogP contribution in [0.3, 0.4) is 0 Å². The van der Waals surface area contributed by atoms with Crippen LogP contribution in [0.1, 0.15) is 58.9 Å². The van der Waals surface area contributed by atoms with Crippen LogP contribution in [-0.4, -0.2) is 67.1 Å². The smallest absolute Gasteiger partial charge is 0.249 e. The molecule has 0 fully saturated rings.